The summed E-state index contributed by atoms with van der Waals surface area (Å²) in [5.41, 5.74) is 1.99. The fourth-order valence-corrected chi connectivity index (χ4v) is 3.21. The van der Waals surface area contributed by atoms with Crippen molar-refractivity contribution in [3.63, 3.8) is 0 Å². The number of anilines is 2. The van der Waals surface area contributed by atoms with Gasteiger partial charge in [0, 0.05) is 30.9 Å². The molecule has 2 aromatic rings. The average molecular weight is 381 g/mol. The van der Waals surface area contributed by atoms with Gasteiger partial charge in [-0.25, -0.2) is 0 Å². The van der Waals surface area contributed by atoms with Crippen LogP contribution < -0.4 is 20.3 Å². The Kier molecular flexibility index (Phi) is 5.87. The number of amides is 2. The van der Waals surface area contributed by atoms with E-state index in [0.29, 0.717) is 13.0 Å². The van der Waals surface area contributed by atoms with E-state index in [4.69, 9.17) is 4.74 Å². The molecule has 1 heterocycles. The van der Waals surface area contributed by atoms with Gasteiger partial charge in [0.1, 0.15) is 11.3 Å². The minimum absolute atomic E-state index is 0.0953. The van der Waals surface area contributed by atoms with Crippen molar-refractivity contribution in [1.82, 2.24) is 5.32 Å². The van der Waals surface area contributed by atoms with Crippen LogP contribution in [0.2, 0.25) is 0 Å². The smallest absolute Gasteiger partial charge is 0.245 e. The second-order valence-electron chi connectivity index (χ2n) is 7.48. The van der Waals surface area contributed by atoms with Gasteiger partial charge >= 0.3 is 0 Å². The summed E-state index contributed by atoms with van der Waals surface area (Å²) in [7, 11) is 1.62. The van der Waals surface area contributed by atoms with E-state index in [2.05, 4.69) is 10.6 Å². The molecule has 0 aromatic heterocycles. The predicted octanol–water partition coefficient (Wildman–Crippen LogP) is 3.33. The van der Waals surface area contributed by atoms with Gasteiger partial charge in [-0.2, -0.15) is 0 Å². The predicted molar refractivity (Wildman–Crippen MR) is 111 cm³/mol. The fourth-order valence-electron chi connectivity index (χ4n) is 3.21. The molecule has 1 aliphatic rings. The highest BCUT2D eigenvalue weighted by Gasteiger charge is 2.27. The third-order valence-corrected chi connectivity index (χ3v) is 4.89. The molecule has 3 rings (SSSR count). The molecular weight excluding hydrogens is 354 g/mol. The number of hydrogen-bond donors (Lipinski definition) is 2. The minimum atomic E-state index is -0.767. The highest BCUT2D eigenvalue weighted by atomic mass is 16.5. The first-order valence-corrected chi connectivity index (χ1v) is 9.49. The van der Waals surface area contributed by atoms with Gasteiger partial charge in [0.15, 0.2) is 0 Å². The molecular formula is C22H27N3O3. The molecule has 2 amide bonds. The molecule has 0 saturated carbocycles. The summed E-state index contributed by atoms with van der Waals surface area (Å²) < 4.78 is 5.15. The van der Waals surface area contributed by atoms with Crippen molar-refractivity contribution in [2.24, 2.45) is 0 Å². The van der Waals surface area contributed by atoms with Gasteiger partial charge in [0.05, 0.1) is 7.11 Å². The lowest BCUT2D eigenvalue weighted by atomic mass is 10.0. The Hall–Kier alpha value is -3.02. The van der Waals surface area contributed by atoms with E-state index in [9.17, 15) is 9.59 Å². The van der Waals surface area contributed by atoms with E-state index in [1.54, 1.807) is 7.11 Å². The maximum absolute atomic E-state index is 12.6. The molecule has 0 spiro atoms. The maximum atomic E-state index is 12.6. The van der Waals surface area contributed by atoms with Crippen molar-refractivity contribution in [2.75, 3.05) is 23.9 Å². The summed E-state index contributed by atoms with van der Waals surface area (Å²) in [5.74, 6) is 0.849. The van der Waals surface area contributed by atoms with E-state index in [0.717, 1.165) is 35.7 Å². The lowest BCUT2D eigenvalue weighted by Gasteiger charge is -2.26. The third-order valence-electron chi connectivity index (χ3n) is 4.89. The first kappa shape index (κ1) is 19.7. The molecule has 0 radical (unpaired) electrons. The Morgan fingerprint density at radius 3 is 2.36 bits per heavy atom. The molecule has 0 unspecified atom stereocenters. The second-order valence-corrected chi connectivity index (χ2v) is 7.48. The van der Waals surface area contributed by atoms with Crippen molar-refractivity contribution >= 4 is 23.2 Å². The van der Waals surface area contributed by atoms with E-state index in [1.165, 1.54) is 0 Å². The number of benzene rings is 2. The number of methoxy groups -OCH3 is 1. The van der Waals surface area contributed by atoms with Gasteiger partial charge in [-0.1, -0.05) is 12.1 Å². The molecule has 2 aromatic carbocycles. The Morgan fingerprint density at radius 2 is 1.79 bits per heavy atom. The van der Waals surface area contributed by atoms with Gasteiger partial charge in [-0.3, -0.25) is 9.59 Å². The molecule has 0 atom stereocenters. The van der Waals surface area contributed by atoms with Crippen LogP contribution in [-0.2, 0) is 16.1 Å². The summed E-state index contributed by atoms with van der Waals surface area (Å²) in [5, 5.41) is 6.22. The van der Waals surface area contributed by atoms with Crippen LogP contribution in [0.15, 0.2) is 48.5 Å². The molecule has 28 heavy (non-hydrogen) atoms. The highest BCUT2D eigenvalue weighted by molar-refractivity contribution is 5.95. The van der Waals surface area contributed by atoms with Crippen LogP contribution in [0.3, 0.4) is 0 Å². The summed E-state index contributed by atoms with van der Waals surface area (Å²) in [4.78, 5) is 26.3. The largest absolute Gasteiger partial charge is 0.497 e. The van der Waals surface area contributed by atoms with Crippen molar-refractivity contribution in [2.45, 2.75) is 38.8 Å². The quantitative estimate of drug-likeness (QED) is 0.772. The molecule has 2 N–H and O–H groups in total. The molecule has 0 bridgehead atoms. The van der Waals surface area contributed by atoms with E-state index < -0.39 is 5.54 Å². The Labute approximate surface area is 165 Å². The molecule has 6 nitrogen and oxygen atoms in total. The third kappa shape index (κ3) is 4.63. The number of carbonyl (C=O) groups excluding carboxylic acids is 2. The normalized spacial score (nSPS) is 14.1. The van der Waals surface area contributed by atoms with Gasteiger partial charge in [-0.05, 0) is 62.2 Å². The molecule has 6 heteroatoms. The van der Waals surface area contributed by atoms with Gasteiger partial charge in [-0.15, -0.1) is 0 Å². The van der Waals surface area contributed by atoms with Crippen LogP contribution in [-0.4, -0.2) is 31.0 Å². The van der Waals surface area contributed by atoms with Crippen molar-refractivity contribution < 1.29 is 14.3 Å². The number of carbonyl (C=O) groups is 2. The van der Waals surface area contributed by atoms with Crippen LogP contribution in [0, 0.1) is 0 Å². The zero-order valence-electron chi connectivity index (χ0n) is 16.6. The number of rotatable bonds is 7. The van der Waals surface area contributed by atoms with E-state index in [-0.39, 0.29) is 11.8 Å². The molecule has 0 aliphatic carbocycles. The molecule has 1 saturated heterocycles. The van der Waals surface area contributed by atoms with Crippen molar-refractivity contribution in [1.29, 1.82) is 0 Å². The summed E-state index contributed by atoms with van der Waals surface area (Å²) in [6, 6.07) is 15.2. The first-order chi connectivity index (χ1) is 13.4. The SMILES string of the molecule is COc1ccc(NC(C)(C)C(=O)NCc2ccc(N3CCCC3=O)cc2)cc1. The summed E-state index contributed by atoms with van der Waals surface area (Å²) >= 11 is 0. The summed E-state index contributed by atoms with van der Waals surface area (Å²) in [6.07, 6.45) is 1.53. The standard InChI is InChI=1S/C22H27N3O3/c1-22(2,24-17-8-12-19(28-3)13-9-17)21(27)23-15-16-6-10-18(11-7-16)25-14-4-5-20(25)26/h6-13,24H,4-5,14-15H2,1-3H3,(H,23,27). The topological polar surface area (TPSA) is 70.7 Å². The monoisotopic (exact) mass is 381 g/mol. The van der Waals surface area contributed by atoms with Crippen molar-refractivity contribution in [3.8, 4) is 5.75 Å². The van der Waals surface area contributed by atoms with E-state index >= 15 is 0 Å². The minimum Gasteiger partial charge on any atom is -0.497 e. The Morgan fingerprint density at radius 1 is 1.11 bits per heavy atom. The fraction of sp³-hybridized carbons (Fsp3) is 0.364. The zero-order chi connectivity index (χ0) is 20.1. The molecule has 148 valence electrons. The van der Waals surface area contributed by atoms with Crippen LogP contribution in [0.4, 0.5) is 11.4 Å². The van der Waals surface area contributed by atoms with Gasteiger partial charge in [0.25, 0.3) is 0 Å². The zero-order valence-corrected chi connectivity index (χ0v) is 16.6. The van der Waals surface area contributed by atoms with Gasteiger partial charge < -0.3 is 20.3 Å². The lowest BCUT2D eigenvalue weighted by Crippen LogP contribution is -2.47. The number of nitrogens with one attached hydrogen (secondary N) is 2. The van der Waals surface area contributed by atoms with Crippen LogP contribution in [0.25, 0.3) is 0 Å². The van der Waals surface area contributed by atoms with Gasteiger partial charge in [0.2, 0.25) is 11.8 Å². The maximum Gasteiger partial charge on any atom is 0.245 e. The highest BCUT2D eigenvalue weighted by Crippen LogP contribution is 2.22. The van der Waals surface area contributed by atoms with Crippen LogP contribution >= 0.6 is 0 Å². The number of nitrogens with zero attached hydrogens (tertiary/aromatic N) is 1. The Balaban J connectivity index is 1.55. The van der Waals surface area contributed by atoms with E-state index in [1.807, 2.05) is 67.3 Å². The average Bonchev–Trinajstić information content (AvgIpc) is 3.12. The van der Waals surface area contributed by atoms with Crippen molar-refractivity contribution in [3.05, 3.63) is 54.1 Å². The number of hydrogen-bond acceptors (Lipinski definition) is 4. The Bertz CT molecular complexity index is 829. The van der Waals surface area contributed by atoms with Crippen LogP contribution in [0.1, 0.15) is 32.3 Å². The van der Waals surface area contributed by atoms with Crippen LogP contribution in [0.5, 0.6) is 5.75 Å². The number of ether oxygens (including phenoxy) is 1. The first-order valence-electron chi connectivity index (χ1n) is 9.49. The summed E-state index contributed by atoms with van der Waals surface area (Å²) in [6.45, 7) is 4.89. The lowest BCUT2D eigenvalue weighted by molar-refractivity contribution is -0.124. The molecule has 1 aliphatic heterocycles. The second kappa shape index (κ2) is 8.33. The molecule has 1 fully saturated rings.